The first-order valence-electron chi connectivity index (χ1n) is 7.13. The van der Waals surface area contributed by atoms with Crippen molar-refractivity contribution in [3.8, 4) is 5.75 Å². The Bertz CT molecular complexity index is 433. The number of carbonyl (C=O) groups is 1. The van der Waals surface area contributed by atoms with Gasteiger partial charge >= 0.3 is 0 Å². The Labute approximate surface area is 114 Å². The molecule has 0 spiro atoms. The molecule has 1 aromatic carbocycles. The van der Waals surface area contributed by atoms with Gasteiger partial charge in [-0.1, -0.05) is 12.1 Å². The van der Waals surface area contributed by atoms with E-state index < -0.39 is 5.60 Å². The molecule has 0 amide bonds. The number of rotatable bonds is 6. The Morgan fingerprint density at radius 1 is 1.21 bits per heavy atom. The molecule has 19 heavy (non-hydrogen) atoms. The lowest BCUT2D eigenvalue weighted by Crippen LogP contribution is -2.38. The summed E-state index contributed by atoms with van der Waals surface area (Å²) in [6, 6.07) is 7.42. The van der Waals surface area contributed by atoms with Crippen LogP contribution in [0.15, 0.2) is 24.3 Å². The third-order valence-corrected chi connectivity index (χ3v) is 3.65. The second kappa shape index (κ2) is 6.20. The first-order valence-corrected chi connectivity index (χ1v) is 7.13. The Balaban J connectivity index is 2.24. The average molecular weight is 262 g/mol. The van der Waals surface area contributed by atoms with Gasteiger partial charge in [0.25, 0.3) is 0 Å². The fourth-order valence-corrected chi connectivity index (χ4v) is 2.82. The summed E-state index contributed by atoms with van der Waals surface area (Å²) in [5.74, 6) is 0.853. The Hall–Kier alpha value is -1.35. The maximum Gasteiger partial charge on any atom is 0.194 e. The molecule has 0 radical (unpaired) electrons. The molecule has 104 valence electrons. The minimum atomic E-state index is -0.598. The Kier molecular flexibility index (Phi) is 4.59. The summed E-state index contributed by atoms with van der Waals surface area (Å²) in [6.07, 6.45) is 3.80. The van der Waals surface area contributed by atoms with Gasteiger partial charge in [0, 0.05) is 12.2 Å². The molecule has 0 saturated heterocycles. The van der Waals surface area contributed by atoms with Crippen molar-refractivity contribution in [3.05, 3.63) is 29.8 Å². The maximum atomic E-state index is 12.7. The van der Waals surface area contributed by atoms with Gasteiger partial charge in [-0.15, -0.1) is 0 Å². The van der Waals surface area contributed by atoms with Crippen molar-refractivity contribution in [2.24, 2.45) is 0 Å². The molecule has 1 aliphatic carbocycles. The van der Waals surface area contributed by atoms with Crippen LogP contribution in [0.5, 0.6) is 5.75 Å². The number of ketones is 1. The van der Waals surface area contributed by atoms with E-state index in [9.17, 15) is 4.79 Å². The smallest absolute Gasteiger partial charge is 0.194 e. The molecule has 1 fully saturated rings. The van der Waals surface area contributed by atoms with Crippen LogP contribution in [0.1, 0.15) is 49.9 Å². The van der Waals surface area contributed by atoms with Crippen molar-refractivity contribution in [3.63, 3.8) is 0 Å². The normalized spacial score (nSPS) is 17.4. The highest BCUT2D eigenvalue weighted by molar-refractivity contribution is 6.03. The van der Waals surface area contributed by atoms with E-state index in [0.29, 0.717) is 18.8 Å². The molecule has 0 atom stereocenters. The zero-order chi connectivity index (χ0) is 13.7. The molecule has 1 aliphatic rings. The van der Waals surface area contributed by atoms with Crippen LogP contribution >= 0.6 is 0 Å². The lowest BCUT2D eigenvalue weighted by Gasteiger charge is -2.27. The van der Waals surface area contributed by atoms with E-state index in [2.05, 4.69) is 0 Å². The molecule has 0 aromatic heterocycles. The van der Waals surface area contributed by atoms with E-state index >= 15 is 0 Å². The van der Waals surface area contributed by atoms with Crippen LogP contribution in [0.4, 0.5) is 0 Å². The summed E-state index contributed by atoms with van der Waals surface area (Å²) in [4.78, 5) is 12.7. The molecular formula is C16H22O3. The first-order chi connectivity index (χ1) is 9.22. The third kappa shape index (κ3) is 2.98. The lowest BCUT2D eigenvalue weighted by molar-refractivity contribution is -0.0163. The van der Waals surface area contributed by atoms with E-state index in [0.717, 1.165) is 31.4 Å². The quantitative estimate of drug-likeness (QED) is 0.735. The predicted octanol–water partition coefficient (Wildman–Crippen LogP) is 3.62. The number of Topliss-reactive ketones (excluding diaryl/α,β-unsaturated/α-hetero) is 1. The summed E-state index contributed by atoms with van der Waals surface area (Å²) >= 11 is 0. The van der Waals surface area contributed by atoms with Gasteiger partial charge in [-0.3, -0.25) is 4.79 Å². The highest BCUT2D eigenvalue weighted by atomic mass is 16.5. The van der Waals surface area contributed by atoms with Crippen molar-refractivity contribution >= 4 is 5.78 Å². The topological polar surface area (TPSA) is 35.5 Å². The van der Waals surface area contributed by atoms with E-state index in [-0.39, 0.29) is 5.78 Å². The van der Waals surface area contributed by atoms with Crippen molar-refractivity contribution < 1.29 is 14.3 Å². The number of hydrogen-bond donors (Lipinski definition) is 0. The minimum Gasteiger partial charge on any atom is -0.494 e. The van der Waals surface area contributed by atoms with Crippen molar-refractivity contribution in [2.45, 2.75) is 45.1 Å². The molecule has 0 bridgehead atoms. The molecule has 0 heterocycles. The zero-order valence-electron chi connectivity index (χ0n) is 11.8. The van der Waals surface area contributed by atoms with Gasteiger partial charge in [-0.05, 0) is 51.7 Å². The molecule has 0 N–H and O–H groups in total. The Morgan fingerprint density at radius 3 is 2.58 bits per heavy atom. The van der Waals surface area contributed by atoms with Crippen LogP contribution in [-0.2, 0) is 4.74 Å². The van der Waals surface area contributed by atoms with Gasteiger partial charge in [0.05, 0.1) is 6.61 Å². The fraction of sp³-hybridized carbons (Fsp3) is 0.562. The molecule has 3 nitrogen and oxygen atoms in total. The third-order valence-electron chi connectivity index (χ3n) is 3.65. The highest BCUT2D eigenvalue weighted by Crippen LogP contribution is 2.36. The number of hydrogen-bond acceptors (Lipinski definition) is 3. The maximum absolute atomic E-state index is 12.7. The molecule has 1 aromatic rings. The first kappa shape index (κ1) is 14.1. The number of ether oxygens (including phenoxy) is 2. The van der Waals surface area contributed by atoms with Gasteiger partial charge in [-0.2, -0.15) is 0 Å². The number of carbonyl (C=O) groups excluding carboxylic acids is 1. The number of benzene rings is 1. The summed E-state index contributed by atoms with van der Waals surface area (Å²) in [5, 5.41) is 0. The molecule has 0 unspecified atom stereocenters. The van der Waals surface area contributed by atoms with E-state index in [4.69, 9.17) is 9.47 Å². The lowest BCUT2D eigenvalue weighted by atomic mass is 9.91. The average Bonchev–Trinajstić information content (AvgIpc) is 2.89. The van der Waals surface area contributed by atoms with Crippen LogP contribution in [0.25, 0.3) is 0 Å². The monoisotopic (exact) mass is 262 g/mol. The summed E-state index contributed by atoms with van der Waals surface area (Å²) < 4.78 is 11.3. The van der Waals surface area contributed by atoms with Crippen molar-refractivity contribution in [1.82, 2.24) is 0 Å². The van der Waals surface area contributed by atoms with E-state index in [1.807, 2.05) is 38.1 Å². The van der Waals surface area contributed by atoms with E-state index in [1.54, 1.807) is 0 Å². The Morgan fingerprint density at radius 2 is 1.95 bits per heavy atom. The standard InChI is InChI=1S/C16H22O3/c1-3-18-14-9-7-8-13(12-14)15(17)16(19-4-2)10-5-6-11-16/h7-9,12H,3-6,10-11H2,1-2H3. The van der Waals surface area contributed by atoms with Crippen molar-refractivity contribution in [2.75, 3.05) is 13.2 Å². The van der Waals surface area contributed by atoms with Crippen LogP contribution in [0.3, 0.4) is 0 Å². The molecule has 3 heteroatoms. The van der Waals surface area contributed by atoms with Gasteiger partial charge in [0.15, 0.2) is 5.78 Å². The minimum absolute atomic E-state index is 0.105. The van der Waals surface area contributed by atoms with E-state index in [1.165, 1.54) is 0 Å². The largest absolute Gasteiger partial charge is 0.494 e. The van der Waals surface area contributed by atoms with Crippen LogP contribution < -0.4 is 4.74 Å². The zero-order valence-corrected chi connectivity index (χ0v) is 11.8. The SMILES string of the molecule is CCOc1cccc(C(=O)C2(OCC)CCCC2)c1. The summed E-state index contributed by atoms with van der Waals surface area (Å²) in [5.41, 5.74) is 0.0980. The van der Waals surface area contributed by atoms with Crippen LogP contribution in [0, 0.1) is 0 Å². The second-order valence-electron chi connectivity index (χ2n) is 4.92. The molecule has 1 saturated carbocycles. The highest BCUT2D eigenvalue weighted by Gasteiger charge is 2.42. The van der Waals surface area contributed by atoms with Gasteiger partial charge in [0.1, 0.15) is 11.4 Å². The van der Waals surface area contributed by atoms with Crippen LogP contribution in [0.2, 0.25) is 0 Å². The molecule has 2 rings (SSSR count). The van der Waals surface area contributed by atoms with Crippen LogP contribution in [-0.4, -0.2) is 24.6 Å². The second-order valence-corrected chi connectivity index (χ2v) is 4.92. The summed E-state index contributed by atoms with van der Waals surface area (Å²) in [6.45, 7) is 5.07. The van der Waals surface area contributed by atoms with Crippen molar-refractivity contribution in [1.29, 1.82) is 0 Å². The predicted molar refractivity (Wildman–Crippen MR) is 74.8 cm³/mol. The molecular weight excluding hydrogens is 240 g/mol. The van der Waals surface area contributed by atoms with Gasteiger partial charge in [0.2, 0.25) is 0 Å². The van der Waals surface area contributed by atoms with Gasteiger partial charge < -0.3 is 9.47 Å². The fourth-order valence-electron chi connectivity index (χ4n) is 2.82. The van der Waals surface area contributed by atoms with Gasteiger partial charge in [-0.25, -0.2) is 0 Å². The molecule has 0 aliphatic heterocycles. The summed E-state index contributed by atoms with van der Waals surface area (Å²) in [7, 11) is 0.